The minimum Gasteiger partial charge on any atom is -0.294 e. The first kappa shape index (κ1) is 15.7. The van der Waals surface area contributed by atoms with Crippen LogP contribution in [0.3, 0.4) is 0 Å². The number of sulfonamides is 1. The monoisotopic (exact) mass is 299 g/mol. The molecule has 0 aliphatic heterocycles. The summed E-state index contributed by atoms with van der Waals surface area (Å²) < 4.78 is 27.3. The van der Waals surface area contributed by atoms with Crippen LogP contribution in [0.2, 0.25) is 0 Å². The number of carbonyl (C=O) groups is 1. The van der Waals surface area contributed by atoms with E-state index in [1.54, 1.807) is 0 Å². The van der Waals surface area contributed by atoms with Crippen LogP contribution in [0.4, 0.5) is 0 Å². The van der Waals surface area contributed by atoms with Gasteiger partial charge >= 0.3 is 0 Å². The molecule has 2 aliphatic carbocycles. The van der Waals surface area contributed by atoms with Crippen LogP contribution in [-0.4, -0.2) is 26.5 Å². The Morgan fingerprint density at radius 3 is 2.45 bits per heavy atom. The average molecular weight is 299 g/mol. The molecule has 0 aromatic heterocycles. The number of carbonyl (C=O) groups excluding carboxylic acids is 1. The SMILES string of the molecule is C=C1C(=O)C2(CS(=O)(=O)NCC(C)C)CCC1C2(C)C. The molecule has 0 saturated heterocycles. The van der Waals surface area contributed by atoms with Crippen LogP contribution in [0.1, 0.15) is 40.5 Å². The molecule has 2 atom stereocenters. The summed E-state index contributed by atoms with van der Waals surface area (Å²) in [5.74, 6) is 0.249. The third-order valence-electron chi connectivity index (χ3n) is 5.26. The fraction of sp³-hybridized carbons (Fsp3) is 0.800. The Balaban J connectivity index is 2.28. The molecule has 1 N–H and O–H groups in total. The molecular formula is C15H25NO3S. The Morgan fingerprint density at radius 2 is 2.00 bits per heavy atom. The lowest BCUT2D eigenvalue weighted by Gasteiger charge is -2.35. The molecule has 0 heterocycles. The number of ketones is 1. The summed E-state index contributed by atoms with van der Waals surface area (Å²) in [6.07, 6.45) is 1.53. The van der Waals surface area contributed by atoms with Gasteiger partial charge in [0, 0.05) is 6.54 Å². The number of rotatable bonds is 5. The van der Waals surface area contributed by atoms with Crippen molar-refractivity contribution >= 4 is 15.8 Å². The summed E-state index contributed by atoms with van der Waals surface area (Å²) in [6, 6.07) is 0. The van der Waals surface area contributed by atoms with Gasteiger partial charge in [-0.25, -0.2) is 13.1 Å². The van der Waals surface area contributed by atoms with E-state index in [9.17, 15) is 13.2 Å². The minimum atomic E-state index is -3.44. The highest BCUT2D eigenvalue weighted by Crippen LogP contribution is 2.65. The second-order valence-electron chi connectivity index (χ2n) is 7.25. The topological polar surface area (TPSA) is 63.2 Å². The lowest BCUT2D eigenvalue weighted by Crippen LogP contribution is -2.45. The van der Waals surface area contributed by atoms with E-state index in [0.29, 0.717) is 18.5 Å². The van der Waals surface area contributed by atoms with Crippen molar-refractivity contribution in [1.29, 1.82) is 0 Å². The zero-order valence-electron chi connectivity index (χ0n) is 12.8. The van der Waals surface area contributed by atoms with Gasteiger partial charge in [-0.3, -0.25) is 4.79 Å². The highest BCUT2D eigenvalue weighted by Gasteiger charge is 2.67. The van der Waals surface area contributed by atoms with Crippen LogP contribution in [0.15, 0.2) is 12.2 Å². The van der Waals surface area contributed by atoms with Crippen molar-refractivity contribution in [2.75, 3.05) is 12.3 Å². The summed E-state index contributed by atoms with van der Waals surface area (Å²) in [5.41, 5.74) is -0.467. The maximum Gasteiger partial charge on any atom is 0.212 e. The second-order valence-corrected chi connectivity index (χ2v) is 9.06. The summed E-state index contributed by atoms with van der Waals surface area (Å²) in [6.45, 7) is 12.3. The molecular weight excluding hydrogens is 274 g/mol. The van der Waals surface area contributed by atoms with Crippen molar-refractivity contribution in [2.45, 2.75) is 40.5 Å². The summed E-state index contributed by atoms with van der Waals surface area (Å²) in [7, 11) is -3.44. The van der Waals surface area contributed by atoms with Crippen LogP contribution < -0.4 is 4.72 Å². The van der Waals surface area contributed by atoms with Gasteiger partial charge in [-0.15, -0.1) is 0 Å². The van der Waals surface area contributed by atoms with Gasteiger partial charge < -0.3 is 0 Å². The molecule has 0 aromatic carbocycles. The Morgan fingerprint density at radius 1 is 1.40 bits per heavy atom. The van der Waals surface area contributed by atoms with Gasteiger partial charge in [0.25, 0.3) is 0 Å². The molecule has 0 amide bonds. The highest BCUT2D eigenvalue weighted by atomic mass is 32.2. The van der Waals surface area contributed by atoms with Gasteiger partial charge in [-0.2, -0.15) is 0 Å². The minimum absolute atomic E-state index is 0.0336. The number of hydrogen-bond donors (Lipinski definition) is 1. The first-order valence-electron chi connectivity index (χ1n) is 7.24. The third-order valence-corrected chi connectivity index (χ3v) is 6.74. The van der Waals surface area contributed by atoms with E-state index in [1.807, 2.05) is 27.7 Å². The molecule has 5 heteroatoms. The Hall–Kier alpha value is -0.680. The highest BCUT2D eigenvalue weighted by molar-refractivity contribution is 7.89. The third kappa shape index (κ3) is 2.15. The first-order valence-corrected chi connectivity index (χ1v) is 8.90. The van der Waals surface area contributed by atoms with Gasteiger partial charge in [0.1, 0.15) is 0 Å². The predicted molar refractivity (Wildman–Crippen MR) is 79.7 cm³/mol. The molecule has 4 nitrogen and oxygen atoms in total. The van der Waals surface area contributed by atoms with E-state index < -0.39 is 15.4 Å². The quantitative estimate of drug-likeness (QED) is 0.791. The molecule has 2 fully saturated rings. The maximum atomic E-state index is 12.5. The first-order chi connectivity index (χ1) is 9.03. The Labute approximate surface area is 122 Å². The molecule has 20 heavy (non-hydrogen) atoms. The lowest BCUT2D eigenvalue weighted by atomic mass is 9.70. The van der Waals surface area contributed by atoms with Gasteiger partial charge in [-0.1, -0.05) is 34.3 Å². The van der Waals surface area contributed by atoms with Gasteiger partial charge in [0.2, 0.25) is 10.0 Å². The molecule has 2 unspecified atom stereocenters. The molecule has 2 bridgehead atoms. The molecule has 2 rings (SSSR count). The van der Waals surface area contributed by atoms with Crippen LogP contribution in [0, 0.1) is 22.7 Å². The molecule has 0 spiro atoms. The normalized spacial score (nSPS) is 32.4. The van der Waals surface area contributed by atoms with Gasteiger partial charge in [0.15, 0.2) is 5.78 Å². The van der Waals surface area contributed by atoms with Crippen LogP contribution >= 0.6 is 0 Å². The van der Waals surface area contributed by atoms with E-state index in [0.717, 1.165) is 6.42 Å². The molecule has 0 radical (unpaired) electrons. The predicted octanol–water partition coefficient (Wildman–Crippen LogP) is 2.12. The molecule has 0 aromatic rings. The van der Waals surface area contributed by atoms with Crippen molar-refractivity contribution in [3.05, 3.63) is 12.2 Å². The smallest absolute Gasteiger partial charge is 0.212 e. The van der Waals surface area contributed by atoms with Crippen molar-refractivity contribution in [3.63, 3.8) is 0 Å². The van der Waals surface area contributed by atoms with Crippen LogP contribution in [0.5, 0.6) is 0 Å². The van der Waals surface area contributed by atoms with E-state index in [2.05, 4.69) is 11.3 Å². The second kappa shape index (κ2) is 4.67. The summed E-state index contributed by atoms with van der Waals surface area (Å²) >= 11 is 0. The molecule has 114 valence electrons. The van der Waals surface area contributed by atoms with Crippen LogP contribution in [0.25, 0.3) is 0 Å². The van der Waals surface area contributed by atoms with Gasteiger partial charge in [-0.05, 0) is 35.7 Å². The number of nitrogens with one attached hydrogen (secondary N) is 1. The van der Waals surface area contributed by atoms with Crippen molar-refractivity contribution in [2.24, 2.45) is 22.7 Å². The average Bonchev–Trinajstić information content (AvgIpc) is 2.62. The number of Topliss-reactive ketones (excluding diaryl/α,β-unsaturated/α-hetero) is 1. The van der Waals surface area contributed by atoms with Crippen molar-refractivity contribution < 1.29 is 13.2 Å². The molecule has 2 aliphatic rings. The number of allylic oxidation sites excluding steroid dienone is 1. The van der Waals surface area contributed by atoms with E-state index in [4.69, 9.17) is 0 Å². The van der Waals surface area contributed by atoms with Gasteiger partial charge in [0.05, 0.1) is 11.2 Å². The fourth-order valence-corrected chi connectivity index (χ4v) is 5.87. The lowest BCUT2D eigenvalue weighted by molar-refractivity contribution is -0.125. The summed E-state index contributed by atoms with van der Waals surface area (Å²) in [4.78, 5) is 12.5. The molecule has 2 saturated carbocycles. The zero-order chi connectivity index (χ0) is 15.3. The van der Waals surface area contributed by atoms with E-state index in [-0.39, 0.29) is 28.8 Å². The Kier molecular flexibility index (Phi) is 3.66. The van der Waals surface area contributed by atoms with E-state index in [1.165, 1.54) is 0 Å². The van der Waals surface area contributed by atoms with Crippen molar-refractivity contribution in [1.82, 2.24) is 4.72 Å². The standard InChI is InChI=1S/C15H25NO3S/c1-10(2)8-16-20(18,19)9-15-7-6-12(14(15,4)5)11(3)13(15)17/h10,12,16H,3,6-9H2,1-2,4-5H3. The number of hydrogen-bond acceptors (Lipinski definition) is 3. The fourth-order valence-electron chi connectivity index (χ4n) is 3.88. The van der Waals surface area contributed by atoms with E-state index >= 15 is 0 Å². The zero-order valence-corrected chi connectivity index (χ0v) is 13.6. The maximum absolute atomic E-state index is 12.5. The largest absolute Gasteiger partial charge is 0.294 e. The number of fused-ring (bicyclic) bond motifs is 2. The Bertz CT molecular complexity index is 547. The van der Waals surface area contributed by atoms with Crippen LogP contribution in [-0.2, 0) is 14.8 Å². The van der Waals surface area contributed by atoms with Crippen molar-refractivity contribution in [3.8, 4) is 0 Å². The summed E-state index contributed by atoms with van der Waals surface area (Å²) in [5, 5.41) is 0.